The minimum absolute atomic E-state index is 0.313. The third-order valence-corrected chi connectivity index (χ3v) is 3.28. The first-order valence-corrected chi connectivity index (χ1v) is 6.69. The first-order valence-electron chi connectivity index (χ1n) is 6.69. The van der Waals surface area contributed by atoms with Crippen molar-refractivity contribution in [1.82, 2.24) is 15.1 Å². The Hall–Kier alpha value is -0.870. The molecule has 1 unspecified atom stereocenters. The second kappa shape index (κ2) is 6.17. The highest BCUT2D eigenvalue weighted by atomic mass is 16.5. The molecule has 2 heterocycles. The number of rotatable bonds is 6. The van der Waals surface area contributed by atoms with Crippen LogP contribution in [0.4, 0.5) is 0 Å². The van der Waals surface area contributed by atoms with Gasteiger partial charge in [0, 0.05) is 31.4 Å². The van der Waals surface area contributed by atoms with Crippen molar-refractivity contribution in [1.29, 1.82) is 0 Å². The van der Waals surface area contributed by atoms with E-state index >= 15 is 0 Å². The normalized spacial score (nSPS) is 16.8. The van der Waals surface area contributed by atoms with Crippen LogP contribution < -0.4 is 5.32 Å². The van der Waals surface area contributed by atoms with Crippen LogP contribution in [0.15, 0.2) is 6.07 Å². The number of nitrogens with one attached hydrogen (secondary N) is 1. The Morgan fingerprint density at radius 3 is 3.18 bits per heavy atom. The highest BCUT2D eigenvalue weighted by molar-refractivity contribution is 5.14. The van der Waals surface area contributed by atoms with Crippen LogP contribution in [0.1, 0.15) is 44.1 Å². The molecule has 96 valence electrons. The number of hydrogen-bond acceptors (Lipinski definition) is 3. The summed E-state index contributed by atoms with van der Waals surface area (Å²) < 4.78 is 7.48. The SMILES string of the molecule is CCOCCNC(C)c1cc2n(n1)CCCC2. The van der Waals surface area contributed by atoms with E-state index in [2.05, 4.69) is 28.1 Å². The Morgan fingerprint density at radius 2 is 2.41 bits per heavy atom. The third kappa shape index (κ3) is 3.30. The Balaban J connectivity index is 1.86. The van der Waals surface area contributed by atoms with Gasteiger partial charge in [0.15, 0.2) is 0 Å². The monoisotopic (exact) mass is 237 g/mol. The molecule has 1 aliphatic rings. The third-order valence-electron chi connectivity index (χ3n) is 3.28. The summed E-state index contributed by atoms with van der Waals surface area (Å²) in [6.07, 6.45) is 3.75. The smallest absolute Gasteiger partial charge is 0.0794 e. The first kappa shape index (κ1) is 12.6. The quantitative estimate of drug-likeness (QED) is 0.768. The molecule has 4 heteroatoms. The van der Waals surface area contributed by atoms with Crippen LogP contribution in [0, 0.1) is 0 Å². The molecule has 1 N–H and O–H groups in total. The predicted molar refractivity (Wildman–Crippen MR) is 68.1 cm³/mol. The van der Waals surface area contributed by atoms with Gasteiger partial charge in [0.2, 0.25) is 0 Å². The summed E-state index contributed by atoms with van der Waals surface area (Å²) in [5.41, 5.74) is 2.56. The highest BCUT2D eigenvalue weighted by Crippen LogP contribution is 2.18. The zero-order valence-corrected chi connectivity index (χ0v) is 10.9. The molecule has 1 aliphatic heterocycles. The minimum Gasteiger partial charge on any atom is -0.380 e. The van der Waals surface area contributed by atoms with Crippen molar-refractivity contribution < 1.29 is 4.74 Å². The van der Waals surface area contributed by atoms with Gasteiger partial charge in [0.1, 0.15) is 0 Å². The summed E-state index contributed by atoms with van der Waals surface area (Å²) in [5.74, 6) is 0. The van der Waals surface area contributed by atoms with Gasteiger partial charge in [0.25, 0.3) is 0 Å². The minimum atomic E-state index is 0.313. The largest absolute Gasteiger partial charge is 0.380 e. The first-order chi connectivity index (χ1) is 8.31. The van der Waals surface area contributed by atoms with E-state index < -0.39 is 0 Å². The fourth-order valence-electron chi connectivity index (χ4n) is 2.25. The number of hydrogen-bond donors (Lipinski definition) is 1. The molecule has 0 radical (unpaired) electrons. The van der Waals surface area contributed by atoms with Crippen molar-refractivity contribution in [2.75, 3.05) is 19.8 Å². The van der Waals surface area contributed by atoms with Crippen LogP contribution in [0.2, 0.25) is 0 Å². The van der Waals surface area contributed by atoms with E-state index in [-0.39, 0.29) is 0 Å². The number of ether oxygens (including phenoxy) is 1. The summed E-state index contributed by atoms with van der Waals surface area (Å²) in [4.78, 5) is 0. The Morgan fingerprint density at radius 1 is 1.53 bits per heavy atom. The lowest BCUT2D eigenvalue weighted by Gasteiger charge is -2.12. The molecular weight excluding hydrogens is 214 g/mol. The lowest BCUT2D eigenvalue weighted by Crippen LogP contribution is -2.23. The summed E-state index contributed by atoms with van der Waals surface area (Å²) in [6.45, 7) is 7.72. The van der Waals surface area contributed by atoms with Gasteiger partial charge < -0.3 is 10.1 Å². The van der Waals surface area contributed by atoms with Crippen LogP contribution in [0.5, 0.6) is 0 Å². The van der Waals surface area contributed by atoms with Crippen molar-refractivity contribution in [3.63, 3.8) is 0 Å². The van der Waals surface area contributed by atoms with Crippen LogP contribution >= 0.6 is 0 Å². The molecule has 0 saturated heterocycles. The van der Waals surface area contributed by atoms with Gasteiger partial charge in [-0.1, -0.05) is 0 Å². The van der Waals surface area contributed by atoms with Crippen molar-refractivity contribution in [2.45, 2.75) is 45.7 Å². The van der Waals surface area contributed by atoms with E-state index in [1.807, 2.05) is 6.92 Å². The number of fused-ring (bicyclic) bond motifs is 1. The maximum Gasteiger partial charge on any atom is 0.0794 e. The maximum atomic E-state index is 5.31. The van der Waals surface area contributed by atoms with Crippen LogP contribution in [-0.4, -0.2) is 29.5 Å². The van der Waals surface area contributed by atoms with Gasteiger partial charge in [-0.2, -0.15) is 5.10 Å². The molecule has 0 amide bonds. The maximum absolute atomic E-state index is 5.31. The zero-order valence-electron chi connectivity index (χ0n) is 10.9. The lowest BCUT2D eigenvalue weighted by molar-refractivity contribution is 0.147. The molecule has 17 heavy (non-hydrogen) atoms. The van der Waals surface area contributed by atoms with Crippen LogP contribution in [0.3, 0.4) is 0 Å². The number of aryl methyl sites for hydroxylation is 2. The summed E-state index contributed by atoms with van der Waals surface area (Å²) in [5, 5.41) is 8.10. The average Bonchev–Trinajstić information content (AvgIpc) is 2.78. The second-order valence-corrected chi connectivity index (χ2v) is 4.61. The van der Waals surface area contributed by atoms with E-state index in [9.17, 15) is 0 Å². The summed E-state index contributed by atoms with van der Waals surface area (Å²) in [6, 6.07) is 2.56. The van der Waals surface area contributed by atoms with E-state index in [4.69, 9.17) is 4.74 Å². The molecular formula is C13H23N3O. The van der Waals surface area contributed by atoms with Gasteiger partial charge >= 0.3 is 0 Å². The fourth-order valence-corrected chi connectivity index (χ4v) is 2.25. The number of aromatic nitrogens is 2. The van der Waals surface area contributed by atoms with Gasteiger partial charge in [0.05, 0.1) is 12.3 Å². The van der Waals surface area contributed by atoms with Crippen LogP contribution in [0.25, 0.3) is 0 Å². The Kier molecular flexibility index (Phi) is 4.57. The molecule has 1 aromatic rings. The zero-order chi connectivity index (χ0) is 12.1. The average molecular weight is 237 g/mol. The number of nitrogens with zero attached hydrogens (tertiary/aromatic N) is 2. The summed E-state index contributed by atoms with van der Waals surface area (Å²) >= 11 is 0. The molecule has 0 bridgehead atoms. The molecule has 1 aromatic heterocycles. The molecule has 4 nitrogen and oxygen atoms in total. The molecule has 0 fully saturated rings. The van der Waals surface area contributed by atoms with Crippen molar-refractivity contribution in [3.05, 3.63) is 17.5 Å². The van der Waals surface area contributed by atoms with Crippen molar-refractivity contribution in [3.8, 4) is 0 Å². The molecule has 0 aliphatic carbocycles. The Labute approximate surface area is 103 Å². The van der Waals surface area contributed by atoms with E-state index in [0.29, 0.717) is 6.04 Å². The molecule has 0 spiro atoms. The lowest BCUT2D eigenvalue weighted by atomic mass is 10.1. The molecule has 2 rings (SSSR count). The van der Waals surface area contributed by atoms with Gasteiger partial charge in [-0.05, 0) is 39.2 Å². The van der Waals surface area contributed by atoms with E-state index in [0.717, 1.165) is 26.3 Å². The van der Waals surface area contributed by atoms with Gasteiger partial charge in [-0.15, -0.1) is 0 Å². The molecule has 0 saturated carbocycles. The molecule has 0 aromatic carbocycles. The molecule has 1 atom stereocenters. The standard InChI is InChI=1S/C13H23N3O/c1-3-17-9-7-14-11(2)13-10-12-6-4-5-8-16(12)15-13/h10-11,14H,3-9H2,1-2H3. The highest BCUT2D eigenvalue weighted by Gasteiger charge is 2.15. The summed E-state index contributed by atoms with van der Waals surface area (Å²) in [7, 11) is 0. The van der Waals surface area contributed by atoms with E-state index in [1.54, 1.807) is 0 Å². The van der Waals surface area contributed by atoms with E-state index in [1.165, 1.54) is 30.7 Å². The van der Waals surface area contributed by atoms with Crippen molar-refractivity contribution >= 4 is 0 Å². The van der Waals surface area contributed by atoms with Crippen molar-refractivity contribution in [2.24, 2.45) is 0 Å². The Bertz CT molecular complexity index is 325. The fraction of sp³-hybridized carbons (Fsp3) is 0.769. The topological polar surface area (TPSA) is 39.1 Å². The van der Waals surface area contributed by atoms with Gasteiger partial charge in [-0.25, -0.2) is 0 Å². The van der Waals surface area contributed by atoms with Crippen LogP contribution in [-0.2, 0) is 17.7 Å². The second-order valence-electron chi connectivity index (χ2n) is 4.61. The predicted octanol–water partition coefficient (Wildman–Crippen LogP) is 1.91. The van der Waals surface area contributed by atoms with Gasteiger partial charge in [-0.3, -0.25) is 4.68 Å².